The van der Waals surface area contributed by atoms with Gasteiger partial charge in [0.1, 0.15) is 12.1 Å². The Morgan fingerprint density at radius 2 is 1.88 bits per heavy atom. The number of fused-ring (bicyclic) bond motifs is 1. The lowest BCUT2D eigenvalue weighted by Crippen LogP contribution is -2.10. The third-order valence-corrected chi connectivity index (χ3v) is 4.10. The van der Waals surface area contributed by atoms with Crippen molar-refractivity contribution in [1.82, 2.24) is 19.5 Å². The molecule has 4 rings (SSSR count). The van der Waals surface area contributed by atoms with Gasteiger partial charge in [-0.25, -0.2) is 9.97 Å². The van der Waals surface area contributed by atoms with E-state index >= 15 is 0 Å². The number of nitrogens with zero attached hydrogens (tertiary/aromatic N) is 4. The summed E-state index contributed by atoms with van der Waals surface area (Å²) in [5.74, 6) is 1.31. The molecule has 0 saturated carbocycles. The maximum Gasteiger partial charge on any atom is 0.225 e. The van der Waals surface area contributed by atoms with Crippen molar-refractivity contribution in [2.75, 3.05) is 11.1 Å². The Morgan fingerprint density at radius 1 is 1.04 bits per heavy atom. The minimum atomic E-state index is 0.103. The first-order valence-electron chi connectivity index (χ1n) is 8.08. The van der Waals surface area contributed by atoms with Crippen molar-refractivity contribution in [1.29, 1.82) is 0 Å². The van der Waals surface area contributed by atoms with Gasteiger partial charge in [-0.05, 0) is 36.8 Å². The summed E-state index contributed by atoms with van der Waals surface area (Å²) in [5.41, 5.74) is 9.57. The molecule has 0 fully saturated rings. The highest BCUT2D eigenvalue weighted by molar-refractivity contribution is 5.80. The minimum Gasteiger partial charge on any atom is -0.399 e. The van der Waals surface area contributed by atoms with Crippen LogP contribution in [0.5, 0.6) is 0 Å². The predicted octanol–water partition coefficient (Wildman–Crippen LogP) is 3.57. The number of aromatic nitrogens is 4. The van der Waals surface area contributed by atoms with Gasteiger partial charge >= 0.3 is 0 Å². The van der Waals surface area contributed by atoms with Crippen LogP contribution in [0.3, 0.4) is 0 Å². The topological polar surface area (TPSA) is 81.7 Å². The van der Waals surface area contributed by atoms with E-state index in [0.717, 1.165) is 16.9 Å². The Bertz CT molecular complexity index is 1010. The standard InChI is InChI=1S/C19H18N6/c1-13(14-5-3-2-4-6-14)23-19-21-10-9-18(24-19)25-12-22-16-8-7-15(20)11-17(16)25/h2-13H,20H2,1H3,(H,21,23,24)/t13-/m0/s1. The zero-order valence-electron chi connectivity index (χ0n) is 13.8. The second kappa shape index (κ2) is 6.24. The number of nitrogen functional groups attached to an aromatic ring is 1. The maximum atomic E-state index is 5.90. The van der Waals surface area contributed by atoms with Crippen molar-refractivity contribution in [2.24, 2.45) is 0 Å². The average Bonchev–Trinajstić information content (AvgIpc) is 3.05. The van der Waals surface area contributed by atoms with E-state index in [4.69, 9.17) is 5.73 Å². The number of rotatable bonds is 4. The highest BCUT2D eigenvalue weighted by Gasteiger charge is 2.10. The molecule has 0 saturated heterocycles. The molecule has 0 aliphatic carbocycles. The first kappa shape index (κ1) is 15.1. The summed E-state index contributed by atoms with van der Waals surface area (Å²) in [4.78, 5) is 13.4. The molecule has 4 aromatic rings. The van der Waals surface area contributed by atoms with Crippen LogP contribution in [0.25, 0.3) is 16.9 Å². The Morgan fingerprint density at radius 3 is 2.72 bits per heavy atom. The van der Waals surface area contributed by atoms with Crippen LogP contribution in [0.4, 0.5) is 11.6 Å². The molecule has 0 aliphatic rings. The number of nitrogens with one attached hydrogen (secondary N) is 1. The van der Waals surface area contributed by atoms with Crippen molar-refractivity contribution < 1.29 is 0 Å². The second-order valence-electron chi connectivity index (χ2n) is 5.88. The molecule has 0 unspecified atom stereocenters. The zero-order chi connectivity index (χ0) is 17.2. The number of anilines is 2. The van der Waals surface area contributed by atoms with Gasteiger partial charge in [0.25, 0.3) is 0 Å². The van der Waals surface area contributed by atoms with Gasteiger partial charge in [0.05, 0.1) is 17.1 Å². The molecule has 6 heteroatoms. The van der Waals surface area contributed by atoms with Gasteiger partial charge in [-0.3, -0.25) is 4.57 Å². The van der Waals surface area contributed by atoms with Crippen molar-refractivity contribution in [2.45, 2.75) is 13.0 Å². The molecule has 1 atom stereocenters. The Balaban J connectivity index is 1.66. The summed E-state index contributed by atoms with van der Waals surface area (Å²) >= 11 is 0. The first-order valence-corrected chi connectivity index (χ1v) is 8.08. The minimum absolute atomic E-state index is 0.103. The van der Waals surface area contributed by atoms with E-state index in [1.807, 2.05) is 47.0 Å². The predicted molar refractivity (Wildman–Crippen MR) is 99.6 cm³/mol. The molecule has 124 valence electrons. The summed E-state index contributed by atoms with van der Waals surface area (Å²) in [5, 5.41) is 3.34. The molecule has 25 heavy (non-hydrogen) atoms. The van der Waals surface area contributed by atoms with E-state index < -0.39 is 0 Å². The fourth-order valence-electron chi connectivity index (χ4n) is 2.78. The van der Waals surface area contributed by atoms with Gasteiger partial charge in [-0.15, -0.1) is 0 Å². The van der Waals surface area contributed by atoms with Gasteiger partial charge in [0.15, 0.2) is 0 Å². The van der Waals surface area contributed by atoms with Crippen molar-refractivity contribution in [3.63, 3.8) is 0 Å². The largest absolute Gasteiger partial charge is 0.399 e. The SMILES string of the molecule is C[C@H](Nc1nccc(-n2cnc3ccc(N)cc32)n1)c1ccccc1. The van der Waals surface area contributed by atoms with Gasteiger partial charge < -0.3 is 11.1 Å². The summed E-state index contributed by atoms with van der Waals surface area (Å²) in [6.07, 6.45) is 3.48. The molecule has 2 heterocycles. The molecule has 0 spiro atoms. The van der Waals surface area contributed by atoms with Gasteiger partial charge in [-0.2, -0.15) is 4.98 Å². The molecule has 3 N–H and O–H groups in total. The van der Waals surface area contributed by atoms with E-state index in [-0.39, 0.29) is 6.04 Å². The Labute approximate surface area is 145 Å². The number of benzene rings is 2. The van der Waals surface area contributed by atoms with Crippen LogP contribution in [0.2, 0.25) is 0 Å². The van der Waals surface area contributed by atoms with Gasteiger partial charge in [-0.1, -0.05) is 30.3 Å². The number of hydrogen-bond donors (Lipinski definition) is 2. The highest BCUT2D eigenvalue weighted by Crippen LogP contribution is 2.21. The lowest BCUT2D eigenvalue weighted by Gasteiger charge is -2.14. The average molecular weight is 330 g/mol. The zero-order valence-corrected chi connectivity index (χ0v) is 13.8. The molecule has 2 aromatic heterocycles. The molecular formula is C19H18N6. The van der Waals surface area contributed by atoms with Crippen LogP contribution < -0.4 is 11.1 Å². The number of nitrogens with two attached hydrogens (primary N) is 1. The van der Waals surface area contributed by atoms with Crippen molar-refractivity contribution in [3.8, 4) is 5.82 Å². The van der Waals surface area contributed by atoms with Gasteiger partial charge in [0.2, 0.25) is 5.95 Å². The van der Waals surface area contributed by atoms with Crippen LogP contribution >= 0.6 is 0 Å². The van der Waals surface area contributed by atoms with Crippen LogP contribution in [0, 0.1) is 0 Å². The Hall–Kier alpha value is -3.41. The van der Waals surface area contributed by atoms with E-state index in [1.54, 1.807) is 12.5 Å². The van der Waals surface area contributed by atoms with Crippen LogP contribution in [0.15, 0.2) is 67.1 Å². The molecule has 0 amide bonds. The molecular weight excluding hydrogens is 312 g/mol. The Kier molecular flexibility index (Phi) is 3.78. The fourth-order valence-corrected chi connectivity index (χ4v) is 2.78. The quantitative estimate of drug-likeness (QED) is 0.559. The van der Waals surface area contributed by atoms with Gasteiger partial charge in [0, 0.05) is 11.9 Å². The molecule has 0 bridgehead atoms. The number of hydrogen-bond acceptors (Lipinski definition) is 5. The maximum absolute atomic E-state index is 5.90. The summed E-state index contributed by atoms with van der Waals surface area (Å²) < 4.78 is 1.91. The van der Waals surface area contributed by atoms with E-state index in [0.29, 0.717) is 11.6 Å². The molecule has 6 nitrogen and oxygen atoms in total. The van der Waals surface area contributed by atoms with E-state index in [2.05, 4.69) is 39.3 Å². The second-order valence-corrected chi connectivity index (χ2v) is 5.88. The fraction of sp³-hybridized carbons (Fsp3) is 0.105. The van der Waals surface area contributed by atoms with E-state index in [1.165, 1.54) is 5.56 Å². The van der Waals surface area contributed by atoms with Crippen LogP contribution in [0.1, 0.15) is 18.5 Å². The molecule has 0 radical (unpaired) electrons. The third-order valence-electron chi connectivity index (χ3n) is 4.10. The van der Waals surface area contributed by atoms with Crippen LogP contribution in [-0.4, -0.2) is 19.5 Å². The first-order chi connectivity index (χ1) is 12.2. The van der Waals surface area contributed by atoms with Crippen LogP contribution in [-0.2, 0) is 0 Å². The third kappa shape index (κ3) is 3.01. The highest BCUT2D eigenvalue weighted by atomic mass is 15.2. The smallest absolute Gasteiger partial charge is 0.225 e. The normalized spacial score (nSPS) is 12.2. The summed E-state index contributed by atoms with van der Waals surface area (Å²) in [7, 11) is 0. The van der Waals surface area contributed by atoms with Crippen molar-refractivity contribution in [3.05, 3.63) is 72.7 Å². The van der Waals surface area contributed by atoms with E-state index in [9.17, 15) is 0 Å². The monoisotopic (exact) mass is 330 g/mol. The summed E-state index contributed by atoms with van der Waals surface area (Å²) in [6.45, 7) is 2.08. The lowest BCUT2D eigenvalue weighted by atomic mass is 10.1. The van der Waals surface area contributed by atoms with Crippen molar-refractivity contribution >= 4 is 22.7 Å². The summed E-state index contributed by atoms with van der Waals surface area (Å²) in [6, 6.07) is 17.8. The molecule has 0 aliphatic heterocycles. The number of imidazole rings is 1. The molecule has 2 aromatic carbocycles. The lowest BCUT2D eigenvalue weighted by molar-refractivity contribution is 0.854.